The van der Waals surface area contributed by atoms with Gasteiger partial charge in [-0.3, -0.25) is 4.79 Å². The molecule has 3 nitrogen and oxygen atoms in total. The van der Waals surface area contributed by atoms with Gasteiger partial charge in [0.2, 0.25) is 5.91 Å². The van der Waals surface area contributed by atoms with Crippen LogP contribution >= 0.6 is 15.9 Å². The molecule has 1 aliphatic heterocycles. The zero-order chi connectivity index (χ0) is 11.1. The van der Waals surface area contributed by atoms with Gasteiger partial charge in [-0.05, 0) is 19.3 Å². The third-order valence-electron chi connectivity index (χ3n) is 2.69. The van der Waals surface area contributed by atoms with E-state index in [1.165, 1.54) is 0 Å². The van der Waals surface area contributed by atoms with Gasteiger partial charge in [-0.1, -0.05) is 22.9 Å². The maximum atomic E-state index is 11.6. The smallest absolute Gasteiger partial charge is 0.222 e. The minimum Gasteiger partial charge on any atom is -0.377 e. The molecule has 0 bridgehead atoms. The van der Waals surface area contributed by atoms with Crippen LogP contribution in [-0.2, 0) is 9.53 Å². The topological polar surface area (TPSA) is 29.5 Å². The lowest BCUT2D eigenvalue weighted by Crippen LogP contribution is -2.40. The minimum atomic E-state index is 0.302. The normalized spacial score (nSPS) is 18.1. The number of hydrogen-bond donors (Lipinski definition) is 0. The van der Waals surface area contributed by atoms with E-state index in [-0.39, 0.29) is 0 Å². The monoisotopic (exact) mass is 277 g/mol. The molecule has 0 radical (unpaired) electrons. The zero-order valence-corrected chi connectivity index (χ0v) is 11.0. The van der Waals surface area contributed by atoms with E-state index >= 15 is 0 Å². The maximum absolute atomic E-state index is 11.6. The van der Waals surface area contributed by atoms with Crippen molar-refractivity contribution < 1.29 is 9.53 Å². The van der Waals surface area contributed by atoms with Gasteiger partial charge in [0, 0.05) is 24.8 Å². The summed E-state index contributed by atoms with van der Waals surface area (Å²) in [5.41, 5.74) is 0. The van der Waals surface area contributed by atoms with Gasteiger partial charge in [-0.2, -0.15) is 0 Å². The number of rotatable bonds is 5. The van der Waals surface area contributed by atoms with E-state index < -0.39 is 0 Å². The number of likely N-dealkylation sites (tertiary alicyclic amines) is 1. The molecule has 88 valence electrons. The first kappa shape index (κ1) is 13.0. The molecular weight excluding hydrogens is 258 g/mol. The Morgan fingerprint density at radius 2 is 2.13 bits per heavy atom. The lowest BCUT2D eigenvalue weighted by Gasteiger charge is -2.31. The number of alkyl halides is 1. The van der Waals surface area contributed by atoms with E-state index in [1.807, 2.05) is 11.8 Å². The summed E-state index contributed by atoms with van der Waals surface area (Å²) in [6.07, 6.45) is 3.96. The molecule has 15 heavy (non-hydrogen) atoms. The predicted molar refractivity (Wildman–Crippen MR) is 64.3 cm³/mol. The molecule has 1 heterocycles. The Morgan fingerprint density at radius 1 is 1.47 bits per heavy atom. The highest BCUT2D eigenvalue weighted by atomic mass is 79.9. The number of nitrogens with zero attached hydrogens (tertiary/aromatic N) is 1. The summed E-state index contributed by atoms with van der Waals surface area (Å²) in [5.74, 6) is 0.302. The van der Waals surface area contributed by atoms with Gasteiger partial charge in [0.05, 0.1) is 12.7 Å². The van der Waals surface area contributed by atoms with Crippen LogP contribution in [-0.4, -0.2) is 41.9 Å². The molecule has 0 aromatic carbocycles. The highest BCUT2D eigenvalue weighted by Gasteiger charge is 2.22. The van der Waals surface area contributed by atoms with Crippen LogP contribution in [0.4, 0.5) is 0 Å². The molecule has 0 unspecified atom stereocenters. The first-order valence-corrected chi connectivity index (χ1v) is 6.85. The molecule has 1 saturated heterocycles. The summed E-state index contributed by atoms with van der Waals surface area (Å²) < 4.78 is 5.64. The van der Waals surface area contributed by atoms with Crippen LogP contribution in [0.5, 0.6) is 0 Å². The summed E-state index contributed by atoms with van der Waals surface area (Å²) in [7, 11) is 0. The van der Waals surface area contributed by atoms with Gasteiger partial charge in [0.1, 0.15) is 0 Å². The quantitative estimate of drug-likeness (QED) is 0.721. The Bertz CT molecular complexity index is 191. The summed E-state index contributed by atoms with van der Waals surface area (Å²) in [5, 5.41) is 0.891. The van der Waals surface area contributed by atoms with Gasteiger partial charge in [0.15, 0.2) is 0 Å². The van der Waals surface area contributed by atoms with Gasteiger partial charge in [-0.15, -0.1) is 0 Å². The average molecular weight is 278 g/mol. The molecule has 0 aromatic heterocycles. The number of carbonyl (C=O) groups is 1. The van der Waals surface area contributed by atoms with Crippen molar-refractivity contribution in [2.75, 3.05) is 25.0 Å². The fourth-order valence-electron chi connectivity index (χ4n) is 1.86. The molecule has 1 aliphatic rings. The Kier molecular flexibility index (Phi) is 6.25. The third kappa shape index (κ3) is 4.51. The molecule has 0 atom stereocenters. The molecule has 0 saturated carbocycles. The Hall–Kier alpha value is -0.0900. The highest BCUT2D eigenvalue weighted by molar-refractivity contribution is 9.09. The molecule has 0 aromatic rings. The van der Waals surface area contributed by atoms with E-state index in [0.29, 0.717) is 18.4 Å². The van der Waals surface area contributed by atoms with Crippen LogP contribution in [0.2, 0.25) is 0 Å². The van der Waals surface area contributed by atoms with Crippen LogP contribution in [0.3, 0.4) is 0 Å². The number of carbonyl (C=O) groups excluding carboxylic acids is 1. The van der Waals surface area contributed by atoms with E-state index in [0.717, 1.165) is 44.3 Å². The number of amides is 1. The molecule has 1 fully saturated rings. The van der Waals surface area contributed by atoms with Crippen LogP contribution < -0.4 is 0 Å². The second-order valence-electron chi connectivity index (χ2n) is 3.89. The molecule has 1 rings (SSSR count). The molecular formula is C11H20BrNO2. The zero-order valence-electron chi connectivity index (χ0n) is 9.38. The van der Waals surface area contributed by atoms with Gasteiger partial charge < -0.3 is 9.64 Å². The Morgan fingerprint density at radius 3 is 2.67 bits per heavy atom. The van der Waals surface area contributed by atoms with Crippen molar-refractivity contribution in [1.82, 2.24) is 4.90 Å². The number of hydrogen-bond acceptors (Lipinski definition) is 2. The second-order valence-corrected chi connectivity index (χ2v) is 4.68. The molecule has 4 heteroatoms. The third-order valence-corrected chi connectivity index (χ3v) is 3.01. The number of ether oxygens (including phenoxy) is 1. The van der Waals surface area contributed by atoms with Crippen molar-refractivity contribution in [1.29, 1.82) is 0 Å². The van der Waals surface area contributed by atoms with E-state index in [1.54, 1.807) is 0 Å². The predicted octanol–water partition coefficient (Wildman–Crippen LogP) is 2.19. The van der Waals surface area contributed by atoms with Crippen LogP contribution in [0, 0.1) is 0 Å². The summed E-state index contributed by atoms with van der Waals surface area (Å²) in [6, 6.07) is 0. The van der Waals surface area contributed by atoms with E-state index in [4.69, 9.17) is 4.74 Å². The SMILES string of the molecule is CCCC(=O)N1CCC(OCCBr)CC1. The van der Waals surface area contributed by atoms with Gasteiger partial charge >= 0.3 is 0 Å². The van der Waals surface area contributed by atoms with Crippen molar-refractivity contribution in [2.24, 2.45) is 0 Å². The van der Waals surface area contributed by atoms with Crippen LogP contribution in [0.15, 0.2) is 0 Å². The van der Waals surface area contributed by atoms with Gasteiger partial charge in [0.25, 0.3) is 0 Å². The van der Waals surface area contributed by atoms with Crippen molar-refractivity contribution in [3.63, 3.8) is 0 Å². The molecule has 0 aliphatic carbocycles. The average Bonchev–Trinajstić information content (AvgIpc) is 2.27. The van der Waals surface area contributed by atoms with Crippen molar-refractivity contribution in [3.05, 3.63) is 0 Å². The summed E-state index contributed by atoms with van der Waals surface area (Å²) in [4.78, 5) is 13.6. The standard InChI is InChI=1S/C11H20BrNO2/c1-2-3-11(14)13-7-4-10(5-8-13)15-9-6-12/h10H,2-9H2,1H3. The number of halogens is 1. The van der Waals surface area contributed by atoms with Crippen molar-refractivity contribution in [3.8, 4) is 0 Å². The first-order valence-electron chi connectivity index (χ1n) is 5.73. The minimum absolute atomic E-state index is 0.302. The first-order chi connectivity index (χ1) is 7.27. The summed E-state index contributed by atoms with van der Waals surface area (Å²) in [6.45, 7) is 4.55. The van der Waals surface area contributed by atoms with Crippen molar-refractivity contribution in [2.45, 2.75) is 38.7 Å². The second kappa shape index (κ2) is 7.23. The van der Waals surface area contributed by atoms with Crippen molar-refractivity contribution >= 4 is 21.8 Å². The summed E-state index contributed by atoms with van der Waals surface area (Å²) >= 11 is 3.34. The maximum Gasteiger partial charge on any atom is 0.222 e. The van der Waals surface area contributed by atoms with Gasteiger partial charge in [-0.25, -0.2) is 0 Å². The lowest BCUT2D eigenvalue weighted by atomic mass is 10.1. The molecule has 0 N–H and O–H groups in total. The fourth-order valence-corrected chi connectivity index (χ4v) is 2.04. The Balaban J connectivity index is 2.20. The van der Waals surface area contributed by atoms with E-state index in [2.05, 4.69) is 15.9 Å². The van der Waals surface area contributed by atoms with Crippen LogP contribution in [0.1, 0.15) is 32.6 Å². The molecule has 1 amide bonds. The van der Waals surface area contributed by atoms with Crippen LogP contribution in [0.25, 0.3) is 0 Å². The highest BCUT2D eigenvalue weighted by Crippen LogP contribution is 2.14. The Labute approximate surface area is 100 Å². The fraction of sp³-hybridized carbons (Fsp3) is 0.909. The largest absolute Gasteiger partial charge is 0.377 e. The number of piperidine rings is 1. The molecule has 0 spiro atoms. The van der Waals surface area contributed by atoms with E-state index in [9.17, 15) is 4.79 Å². The lowest BCUT2D eigenvalue weighted by molar-refractivity contribution is -0.133.